The maximum Gasteiger partial charge on any atom is 0.276 e. The Morgan fingerprint density at radius 2 is 1.96 bits per heavy atom. The van der Waals surface area contributed by atoms with Crippen molar-refractivity contribution >= 4 is 21.8 Å². The van der Waals surface area contributed by atoms with Crippen molar-refractivity contribution in [3.05, 3.63) is 28.8 Å². The van der Waals surface area contributed by atoms with Crippen LogP contribution in [0.2, 0.25) is 5.02 Å². The van der Waals surface area contributed by atoms with Crippen LogP contribution < -0.4 is 9.88 Å². The van der Waals surface area contributed by atoms with Crippen LogP contribution in [0.1, 0.15) is 25.8 Å². The molecule has 1 fully saturated rings. The van der Waals surface area contributed by atoms with Crippen molar-refractivity contribution in [2.24, 2.45) is 5.14 Å². The molecule has 1 aliphatic rings. The van der Waals surface area contributed by atoms with Crippen LogP contribution in [0.3, 0.4) is 0 Å². The lowest BCUT2D eigenvalue weighted by molar-refractivity contribution is 0.181. The fourth-order valence-corrected chi connectivity index (χ4v) is 3.36. The molecule has 0 aliphatic carbocycles. The standard InChI is InChI=1S/C15H24ClN3O3S/c1-3-12(2)22-15-5-4-13(10-14(15)16)11-18-6-8-19(9-7-18)23(17,20)21/h4-5,10,12H,3,6-9,11H2,1-2H3,(H2,17,20,21)/t12-/m0/s1. The molecule has 130 valence electrons. The Hall–Kier alpha value is -0.860. The van der Waals surface area contributed by atoms with Gasteiger partial charge in [0, 0.05) is 32.7 Å². The minimum absolute atomic E-state index is 0.129. The lowest BCUT2D eigenvalue weighted by Gasteiger charge is -2.32. The summed E-state index contributed by atoms with van der Waals surface area (Å²) in [5.41, 5.74) is 1.08. The molecule has 0 radical (unpaired) electrons. The fraction of sp³-hybridized carbons (Fsp3) is 0.600. The van der Waals surface area contributed by atoms with Crippen LogP contribution >= 0.6 is 11.6 Å². The summed E-state index contributed by atoms with van der Waals surface area (Å²) in [6, 6.07) is 5.80. The minimum atomic E-state index is -3.58. The number of rotatable bonds is 6. The van der Waals surface area contributed by atoms with E-state index in [0.29, 0.717) is 37.0 Å². The normalized spacial score (nSPS) is 18.8. The van der Waals surface area contributed by atoms with Crippen molar-refractivity contribution in [1.82, 2.24) is 9.21 Å². The van der Waals surface area contributed by atoms with Gasteiger partial charge in [0.1, 0.15) is 5.75 Å². The highest BCUT2D eigenvalue weighted by atomic mass is 35.5. The first-order valence-corrected chi connectivity index (χ1v) is 9.63. The maximum absolute atomic E-state index is 11.3. The molecule has 0 saturated carbocycles. The number of hydrogen-bond donors (Lipinski definition) is 1. The second-order valence-corrected chi connectivity index (χ2v) is 7.78. The first kappa shape index (κ1) is 18.5. The highest BCUT2D eigenvalue weighted by Gasteiger charge is 2.23. The van der Waals surface area contributed by atoms with Crippen LogP contribution in [-0.2, 0) is 16.8 Å². The van der Waals surface area contributed by atoms with Gasteiger partial charge in [-0.1, -0.05) is 24.6 Å². The lowest BCUT2D eigenvalue weighted by atomic mass is 10.2. The summed E-state index contributed by atoms with van der Waals surface area (Å²) >= 11 is 6.28. The fourth-order valence-electron chi connectivity index (χ4n) is 2.44. The van der Waals surface area contributed by atoms with Crippen molar-refractivity contribution in [3.8, 4) is 5.75 Å². The van der Waals surface area contributed by atoms with Crippen LogP contribution in [0.4, 0.5) is 0 Å². The number of benzene rings is 1. The number of halogens is 1. The molecule has 0 bridgehead atoms. The summed E-state index contributed by atoms with van der Waals surface area (Å²) in [7, 11) is -3.58. The molecule has 1 aromatic carbocycles. The molecule has 0 unspecified atom stereocenters. The average molecular weight is 362 g/mol. The molecule has 1 aliphatic heterocycles. The molecule has 8 heteroatoms. The third-order valence-corrected chi connectivity index (χ3v) is 5.38. The Labute approximate surface area is 143 Å². The summed E-state index contributed by atoms with van der Waals surface area (Å²) < 4.78 is 29.7. The van der Waals surface area contributed by atoms with E-state index in [0.717, 1.165) is 18.5 Å². The topological polar surface area (TPSA) is 75.9 Å². The molecule has 0 aromatic heterocycles. The van der Waals surface area contributed by atoms with E-state index in [1.165, 1.54) is 4.31 Å². The summed E-state index contributed by atoms with van der Waals surface area (Å²) in [6.07, 6.45) is 1.05. The van der Waals surface area contributed by atoms with Crippen molar-refractivity contribution in [2.45, 2.75) is 32.9 Å². The Morgan fingerprint density at radius 3 is 2.48 bits per heavy atom. The van der Waals surface area contributed by atoms with Gasteiger partial charge in [-0.15, -0.1) is 0 Å². The number of nitrogens with zero attached hydrogens (tertiary/aromatic N) is 2. The largest absolute Gasteiger partial charge is 0.489 e. The second-order valence-electron chi connectivity index (χ2n) is 5.82. The van der Waals surface area contributed by atoms with Crippen molar-refractivity contribution < 1.29 is 13.2 Å². The monoisotopic (exact) mass is 361 g/mol. The van der Waals surface area contributed by atoms with Crippen molar-refractivity contribution in [3.63, 3.8) is 0 Å². The second kappa shape index (κ2) is 7.81. The number of nitrogens with two attached hydrogens (primary N) is 1. The summed E-state index contributed by atoms with van der Waals surface area (Å²) in [5.74, 6) is 0.698. The van der Waals surface area contributed by atoms with E-state index < -0.39 is 10.2 Å². The highest BCUT2D eigenvalue weighted by molar-refractivity contribution is 7.86. The molecule has 1 heterocycles. The molecule has 6 nitrogen and oxygen atoms in total. The Bertz CT molecular complexity index is 631. The van der Waals surface area contributed by atoms with Crippen LogP contribution in [-0.4, -0.2) is 49.9 Å². The predicted molar refractivity (Wildman–Crippen MR) is 91.8 cm³/mol. The van der Waals surface area contributed by atoms with Gasteiger partial charge in [0.2, 0.25) is 0 Å². The van der Waals surface area contributed by atoms with Crippen LogP contribution in [0.25, 0.3) is 0 Å². The van der Waals surface area contributed by atoms with Crippen molar-refractivity contribution in [2.75, 3.05) is 26.2 Å². The first-order chi connectivity index (χ1) is 10.8. The van der Waals surface area contributed by atoms with Gasteiger partial charge in [-0.05, 0) is 31.0 Å². The Kier molecular flexibility index (Phi) is 6.27. The number of hydrogen-bond acceptors (Lipinski definition) is 4. The molecule has 1 atom stereocenters. The molecule has 2 N–H and O–H groups in total. The number of piperazine rings is 1. The smallest absolute Gasteiger partial charge is 0.276 e. The molecule has 1 saturated heterocycles. The Morgan fingerprint density at radius 1 is 1.30 bits per heavy atom. The van der Waals surface area contributed by atoms with Gasteiger partial charge >= 0.3 is 0 Å². The molecular formula is C15H24ClN3O3S. The average Bonchev–Trinajstić information content (AvgIpc) is 2.49. The van der Waals surface area contributed by atoms with E-state index in [1.807, 2.05) is 25.1 Å². The van der Waals surface area contributed by atoms with E-state index >= 15 is 0 Å². The van der Waals surface area contributed by atoms with Gasteiger partial charge in [-0.3, -0.25) is 4.90 Å². The van der Waals surface area contributed by atoms with Crippen LogP contribution in [0.15, 0.2) is 18.2 Å². The van der Waals surface area contributed by atoms with E-state index in [2.05, 4.69) is 11.8 Å². The van der Waals surface area contributed by atoms with Gasteiger partial charge in [0.15, 0.2) is 0 Å². The van der Waals surface area contributed by atoms with E-state index in [4.69, 9.17) is 21.5 Å². The Balaban J connectivity index is 1.93. The van der Waals surface area contributed by atoms with Gasteiger partial charge in [0.05, 0.1) is 11.1 Å². The summed E-state index contributed by atoms with van der Waals surface area (Å²) in [4.78, 5) is 2.18. The van der Waals surface area contributed by atoms with E-state index in [9.17, 15) is 8.42 Å². The zero-order valence-corrected chi connectivity index (χ0v) is 15.1. The molecule has 2 rings (SSSR count). The maximum atomic E-state index is 11.3. The van der Waals surface area contributed by atoms with Crippen LogP contribution in [0, 0.1) is 0 Å². The van der Waals surface area contributed by atoms with Crippen molar-refractivity contribution in [1.29, 1.82) is 0 Å². The molecule has 0 spiro atoms. The van der Waals surface area contributed by atoms with E-state index in [1.54, 1.807) is 0 Å². The number of ether oxygens (including phenoxy) is 1. The predicted octanol–water partition coefficient (Wildman–Crippen LogP) is 1.84. The molecule has 1 aromatic rings. The molecule has 0 amide bonds. The zero-order valence-electron chi connectivity index (χ0n) is 13.5. The zero-order chi connectivity index (χ0) is 17.0. The first-order valence-electron chi connectivity index (χ1n) is 7.75. The molecular weight excluding hydrogens is 338 g/mol. The SMILES string of the molecule is CC[C@H](C)Oc1ccc(CN2CCN(S(N)(=O)=O)CC2)cc1Cl. The lowest BCUT2D eigenvalue weighted by Crippen LogP contribution is -2.50. The van der Waals surface area contributed by atoms with Gasteiger partial charge < -0.3 is 4.74 Å². The quantitative estimate of drug-likeness (QED) is 0.838. The van der Waals surface area contributed by atoms with Gasteiger partial charge in [-0.2, -0.15) is 12.7 Å². The van der Waals surface area contributed by atoms with E-state index in [-0.39, 0.29) is 6.10 Å². The highest BCUT2D eigenvalue weighted by Crippen LogP contribution is 2.27. The van der Waals surface area contributed by atoms with Gasteiger partial charge in [-0.25, -0.2) is 5.14 Å². The third kappa shape index (κ3) is 5.32. The summed E-state index contributed by atoms with van der Waals surface area (Å²) in [6.45, 7) is 6.94. The van der Waals surface area contributed by atoms with Crippen LogP contribution in [0.5, 0.6) is 5.75 Å². The summed E-state index contributed by atoms with van der Waals surface area (Å²) in [5, 5.41) is 5.75. The minimum Gasteiger partial charge on any atom is -0.489 e. The third-order valence-electron chi connectivity index (χ3n) is 4.00. The molecule has 23 heavy (non-hydrogen) atoms. The van der Waals surface area contributed by atoms with Gasteiger partial charge in [0.25, 0.3) is 10.2 Å².